The van der Waals surface area contributed by atoms with Gasteiger partial charge in [0, 0.05) is 23.5 Å². The highest BCUT2D eigenvalue weighted by molar-refractivity contribution is 5.78. The van der Waals surface area contributed by atoms with E-state index in [9.17, 15) is 14.4 Å². The number of aromatic nitrogens is 4. The predicted molar refractivity (Wildman–Crippen MR) is 98.1 cm³/mol. The zero-order chi connectivity index (χ0) is 19.4. The molecule has 0 saturated carbocycles. The number of hydrogen-bond acceptors (Lipinski definition) is 5. The highest BCUT2D eigenvalue weighted by Gasteiger charge is 2.15. The van der Waals surface area contributed by atoms with Crippen LogP contribution in [-0.2, 0) is 11.2 Å². The van der Waals surface area contributed by atoms with Gasteiger partial charge in [0.1, 0.15) is 11.4 Å². The maximum Gasteiger partial charge on any atom is 0.325 e. The van der Waals surface area contributed by atoms with E-state index in [0.717, 1.165) is 11.3 Å². The first kappa shape index (κ1) is 18.2. The molecule has 3 aromatic rings. The van der Waals surface area contributed by atoms with E-state index in [1.54, 1.807) is 24.2 Å². The second-order valence-electron chi connectivity index (χ2n) is 5.95. The number of H-pyrrole nitrogens is 2. The van der Waals surface area contributed by atoms with Crippen molar-refractivity contribution in [2.24, 2.45) is 0 Å². The van der Waals surface area contributed by atoms with Crippen LogP contribution >= 0.6 is 0 Å². The lowest BCUT2D eigenvalue weighted by Gasteiger charge is -2.12. The van der Waals surface area contributed by atoms with Crippen molar-refractivity contribution in [2.75, 3.05) is 7.11 Å². The van der Waals surface area contributed by atoms with Crippen LogP contribution in [0.5, 0.6) is 5.75 Å². The number of nitrogens with one attached hydrogen (secondary N) is 3. The van der Waals surface area contributed by atoms with E-state index >= 15 is 0 Å². The van der Waals surface area contributed by atoms with Gasteiger partial charge >= 0.3 is 5.69 Å². The minimum absolute atomic E-state index is 0.142. The van der Waals surface area contributed by atoms with Crippen molar-refractivity contribution in [2.45, 2.75) is 19.4 Å². The second-order valence-corrected chi connectivity index (χ2v) is 5.95. The van der Waals surface area contributed by atoms with Crippen LogP contribution in [0.3, 0.4) is 0 Å². The summed E-state index contributed by atoms with van der Waals surface area (Å²) in [6.45, 7) is 1.82. The molecule has 0 radical (unpaired) electrons. The van der Waals surface area contributed by atoms with Gasteiger partial charge in [0.25, 0.3) is 5.56 Å². The third-order valence-electron chi connectivity index (χ3n) is 4.06. The van der Waals surface area contributed by atoms with Crippen LogP contribution in [0.1, 0.15) is 24.1 Å². The number of rotatable bonds is 6. The molecule has 1 unspecified atom stereocenters. The number of hydrogen-bond donors (Lipinski definition) is 3. The molecule has 2 aromatic heterocycles. The van der Waals surface area contributed by atoms with Gasteiger partial charge in [0.05, 0.1) is 25.8 Å². The van der Waals surface area contributed by atoms with Crippen molar-refractivity contribution >= 4 is 5.91 Å². The van der Waals surface area contributed by atoms with Gasteiger partial charge in [-0.05, 0) is 19.1 Å². The molecule has 0 aliphatic heterocycles. The van der Waals surface area contributed by atoms with Crippen LogP contribution < -0.4 is 21.3 Å². The maximum absolute atomic E-state index is 12.2. The van der Waals surface area contributed by atoms with Gasteiger partial charge in [0.15, 0.2) is 0 Å². The molecule has 0 bridgehead atoms. The van der Waals surface area contributed by atoms with Crippen molar-refractivity contribution in [3.63, 3.8) is 0 Å². The topological polar surface area (TPSA) is 122 Å². The molecule has 140 valence electrons. The van der Waals surface area contributed by atoms with Crippen LogP contribution in [0, 0.1) is 0 Å². The van der Waals surface area contributed by atoms with E-state index in [4.69, 9.17) is 4.74 Å². The molecule has 0 spiro atoms. The summed E-state index contributed by atoms with van der Waals surface area (Å²) in [6.07, 6.45) is 4.56. The summed E-state index contributed by atoms with van der Waals surface area (Å²) >= 11 is 0. The summed E-state index contributed by atoms with van der Waals surface area (Å²) in [6, 6.07) is 7.15. The van der Waals surface area contributed by atoms with E-state index in [-0.39, 0.29) is 23.9 Å². The van der Waals surface area contributed by atoms with Crippen LogP contribution in [0.25, 0.3) is 5.69 Å². The van der Waals surface area contributed by atoms with Crippen molar-refractivity contribution in [3.05, 3.63) is 74.8 Å². The normalized spacial score (nSPS) is 11.8. The van der Waals surface area contributed by atoms with Crippen molar-refractivity contribution in [3.8, 4) is 11.4 Å². The molecular formula is C18H19N5O4. The van der Waals surface area contributed by atoms with Crippen LogP contribution in [0.15, 0.2) is 52.4 Å². The Morgan fingerprint density at radius 1 is 1.33 bits per heavy atom. The maximum atomic E-state index is 12.2. The fourth-order valence-corrected chi connectivity index (χ4v) is 2.63. The smallest absolute Gasteiger partial charge is 0.325 e. The van der Waals surface area contributed by atoms with Gasteiger partial charge in [-0.15, -0.1) is 0 Å². The van der Waals surface area contributed by atoms with Crippen LogP contribution in [0.2, 0.25) is 0 Å². The molecule has 1 atom stereocenters. The lowest BCUT2D eigenvalue weighted by atomic mass is 10.1. The van der Waals surface area contributed by atoms with Gasteiger partial charge in [-0.2, -0.15) is 5.10 Å². The number of benzene rings is 1. The van der Waals surface area contributed by atoms with Crippen molar-refractivity contribution in [1.82, 2.24) is 25.1 Å². The average molecular weight is 369 g/mol. The molecular weight excluding hydrogens is 350 g/mol. The molecule has 1 amide bonds. The standard InChI is InChI=1S/C18H19N5O4/c1-11(21-16(24)7-12-8-19-18(26)22-17(12)25)13-9-20-23(10-13)14-5-3-4-6-15(14)27-2/h3-6,8-11H,7H2,1-2H3,(H,21,24)(H2,19,22,25,26). The van der Waals surface area contributed by atoms with E-state index in [2.05, 4.69) is 20.4 Å². The number of methoxy groups -OCH3 is 1. The molecule has 0 aliphatic carbocycles. The third kappa shape index (κ3) is 4.14. The minimum Gasteiger partial charge on any atom is -0.494 e. The number of nitrogens with zero attached hydrogens (tertiary/aromatic N) is 2. The van der Waals surface area contributed by atoms with E-state index in [1.165, 1.54) is 6.20 Å². The van der Waals surface area contributed by atoms with Crippen LogP contribution in [-0.4, -0.2) is 32.8 Å². The van der Waals surface area contributed by atoms with E-state index in [0.29, 0.717) is 5.75 Å². The van der Waals surface area contributed by atoms with Crippen molar-refractivity contribution < 1.29 is 9.53 Å². The van der Waals surface area contributed by atoms with Gasteiger partial charge in [-0.3, -0.25) is 14.6 Å². The summed E-state index contributed by atoms with van der Waals surface area (Å²) < 4.78 is 7.00. The Bertz CT molecular complexity index is 1070. The molecule has 27 heavy (non-hydrogen) atoms. The zero-order valence-electron chi connectivity index (χ0n) is 14.9. The Kier molecular flexibility index (Phi) is 5.20. The number of ether oxygens (including phenoxy) is 1. The molecule has 3 N–H and O–H groups in total. The lowest BCUT2D eigenvalue weighted by molar-refractivity contribution is -0.121. The fraction of sp³-hybridized carbons (Fsp3) is 0.222. The summed E-state index contributed by atoms with van der Waals surface area (Å²) in [4.78, 5) is 39.3. The van der Waals surface area contributed by atoms with Crippen LogP contribution in [0.4, 0.5) is 0 Å². The molecule has 0 saturated heterocycles. The van der Waals surface area contributed by atoms with Crippen molar-refractivity contribution in [1.29, 1.82) is 0 Å². The number of para-hydroxylation sites is 2. The Morgan fingerprint density at radius 3 is 2.85 bits per heavy atom. The predicted octanol–water partition coefficient (Wildman–Crippen LogP) is 0.677. The second kappa shape index (κ2) is 7.73. The minimum atomic E-state index is -0.610. The molecule has 0 aliphatic rings. The number of carbonyl (C=O) groups is 1. The first-order valence-electron chi connectivity index (χ1n) is 8.26. The van der Waals surface area contributed by atoms with Gasteiger partial charge in [0.2, 0.25) is 5.91 Å². The molecule has 1 aromatic carbocycles. The Balaban J connectivity index is 1.70. The summed E-state index contributed by atoms with van der Waals surface area (Å²) in [5.74, 6) is 0.339. The molecule has 2 heterocycles. The quantitative estimate of drug-likeness (QED) is 0.590. The Morgan fingerprint density at radius 2 is 2.11 bits per heavy atom. The van der Waals surface area contributed by atoms with E-state index < -0.39 is 11.2 Å². The molecule has 3 rings (SSSR count). The first-order chi connectivity index (χ1) is 13.0. The molecule has 0 fully saturated rings. The summed E-state index contributed by atoms with van der Waals surface area (Å²) in [5.41, 5.74) is 0.574. The zero-order valence-corrected chi connectivity index (χ0v) is 14.9. The lowest BCUT2D eigenvalue weighted by Crippen LogP contribution is -2.32. The largest absolute Gasteiger partial charge is 0.494 e. The monoisotopic (exact) mass is 369 g/mol. The third-order valence-corrected chi connectivity index (χ3v) is 4.06. The first-order valence-corrected chi connectivity index (χ1v) is 8.26. The number of aromatic amines is 2. The highest BCUT2D eigenvalue weighted by Crippen LogP contribution is 2.22. The van der Waals surface area contributed by atoms with Gasteiger partial charge < -0.3 is 15.0 Å². The van der Waals surface area contributed by atoms with Gasteiger partial charge in [-0.25, -0.2) is 9.48 Å². The average Bonchev–Trinajstić information content (AvgIpc) is 3.14. The van der Waals surface area contributed by atoms with E-state index in [1.807, 2.05) is 31.2 Å². The molecule has 9 heteroatoms. The summed E-state index contributed by atoms with van der Waals surface area (Å²) in [5, 5.41) is 7.13. The molecule has 9 nitrogen and oxygen atoms in total. The van der Waals surface area contributed by atoms with Gasteiger partial charge in [-0.1, -0.05) is 12.1 Å². The number of carbonyl (C=O) groups excluding carboxylic acids is 1. The Labute approximate surface area is 154 Å². The SMILES string of the molecule is COc1ccccc1-n1cc(C(C)NC(=O)Cc2c[nH]c(=O)[nH]c2=O)cn1. The summed E-state index contributed by atoms with van der Waals surface area (Å²) in [7, 11) is 1.59. The Hall–Kier alpha value is -3.62. The number of amides is 1. The fourth-order valence-electron chi connectivity index (χ4n) is 2.63. The highest BCUT2D eigenvalue weighted by atomic mass is 16.5.